The van der Waals surface area contributed by atoms with Crippen molar-refractivity contribution >= 4 is 34.1 Å². The van der Waals surface area contributed by atoms with E-state index in [2.05, 4.69) is 4.98 Å². The number of hydrogen-bond acceptors (Lipinski definition) is 5. The molecule has 6 rings (SSSR count). The van der Waals surface area contributed by atoms with E-state index in [-0.39, 0.29) is 11.9 Å². The van der Waals surface area contributed by atoms with Crippen molar-refractivity contribution in [1.82, 2.24) is 9.99 Å². The smallest absolute Gasteiger partial charge is 0.274 e. The van der Waals surface area contributed by atoms with E-state index in [0.717, 1.165) is 22.2 Å². The van der Waals surface area contributed by atoms with Crippen molar-refractivity contribution in [2.24, 2.45) is 5.10 Å². The SMILES string of the molecule is O=C(c1ccccc1)N1N=C(c2ccccc2)C[C@H]1c1cc2cc3c(cc2nc1Cl)OCCO3. The van der Waals surface area contributed by atoms with Crippen LogP contribution in [0.2, 0.25) is 5.15 Å². The first kappa shape index (κ1) is 20.7. The number of pyridine rings is 1. The third-order valence-corrected chi connectivity index (χ3v) is 6.37. The first-order chi connectivity index (χ1) is 16.7. The summed E-state index contributed by atoms with van der Waals surface area (Å²) in [6, 6.07) is 24.4. The highest BCUT2D eigenvalue weighted by Crippen LogP contribution is 2.40. The van der Waals surface area contributed by atoms with E-state index in [1.807, 2.05) is 66.7 Å². The van der Waals surface area contributed by atoms with E-state index < -0.39 is 0 Å². The predicted molar refractivity (Wildman–Crippen MR) is 131 cm³/mol. The van der Waals surface area contributed by atoms with Gasteiger partial charge in [0.05, 0.1) is 17.3 Å². The molecule has 0 saturated carbocycles. The van der Waals surface area contributed by atoms with Gasteiger partial charge in [0.2, 0.25) is 0 Å². The Bertz CT molecular complexity index is 1420. The van der Waals surface area contributed by atoms with Crippen LogP contribution in [0, 0.1) is 0 Å². The summed E-state index contributed by atoms with van der Waals surface area (Å²) in [7, 11) is 0. The molecule has 2 aliphatic rings. The van der Waals surface area contributed by atoms with Gasteiger partial charge in [0.1, 0.15) is 18.4 Å². The number of ether oxygens (including phenoxy) is 2. The Hall–Kier alpha value is -3.90. The second-order valence-corrected chi connectivity index (χ2v) is 8.56. The van der Waals surface area contributed by atoms with Crippen LogP contribution in [0.25, 0.3) is 10.9 Å². The molecule has 0 aliphatic carbocycles. The van der Waals surface area contributed by atoms with Gasteiger partial charge in [0, 0.05) is 29.0 Å². The summed E-state index contributed by atoms with van der Waals surface area (Å²) in [6.07, 6.45) is 0.528. The van der Waals surface area contributed by atoms with Crippen molar-refractivity contribution in [2.75, 3.05) is 13.2 Å². The predicted octanol–water partition coefficient (Wildman–Crippen LogP) is 5.65. The largest absolute Gasteiger partial charge is 0.486 e. The van der Waals surface area contributed by atoms with Crippen LogP contribution in [-0.4, -0.2) is 34.8 Å². The number of halogens is 1. The minimum atomic E-state index is -0.388. The fourth-order valence-electron chi connectivity index (χ4n) is 4.40. The second kappa shape index (κ2) is 8.47. The minimum Gasteiger partial charge on any atom is -0.486 e. The molecule has 1 aromatic heterocycles. The van der Waals surface area contributed by atoms with E-state index in [1.165, 1.54) is 5.01 Å². The molecule has 1 atom stereocenters. The number of rotatable bonds is 3. The minimum absolute atomic E-state index is 0.185. The normalized spacial score (nSPS) is 17.0. The molecule has 7 heteroatoms. The fourth-order valence-corrected chi connectivity index (χ4v) is 4.67. The molecule has 168 valence electrons. The Labute approximate surface area is 201 Å². The number of fused-ring (bicyclic) bond motifs is 2. The molecule has 0 spiro atoms. The first-order valence-corrected chi connectivity index (χ1v) is 11.5. The number of benzene rings is 3. The summed E-state index contributed by atoms with van der Waals surface area (Å²) in [5.74, 6) is 1.15. The monoisotopic (exact) mass is 469 g/mol. The molecule has 34 heavy (non-hydrogen) atoms. The van der Waals surface area contributed by atoms with E-state index in [4.69, 9.17) is 26.2 Å². The lowest BCUT2D eigenvalue weighted by molar-refractivity contribution is 0.0711. The molecule has 0 radical (unpaired) electrons. The Kier molecular flexibility index (Phi) is 5.15. The van der Waals surface area contributed by atoms with Gasteiger partial charge in [0.15, 0.2) is 11.5 Å². The Morgan fingerprint density at radius 2 is 1.59 bits per heavy atom. The second-order valence-electron chi connectivity index (χ2n) is 8.21. The Morgan fingerprint density at radius 3 is 2.32 bits per heavy atom. The zero-order chi connectivity index (χ0) is 23.1. The van der Waals surface area contributed by atoms with Gasteiger partial charge in [-0.25, -0.2) is 9.99 Å². The lowest BCUT2D eigenvalue weighted by atomic mass is 9.98. The van der Waals surface area contributed by atoms with Gasteiger partial charge >= 0.3 is 0 Å². The lowest BCUT2D eigenvalue weighted by Crippen LogP contribution is -2.27. The van der Waals surface area contributed by atoms with Gasteiger partial charge in [-0.15, -0.1) is 0 Å². The van der Waals surface area contributed by atoms with Gasteiger partial charge in [-0.3, -0.25) is 4.79 Å². The lowest BCUT2D eigenvalue weighted by Gasteiger charge is -2.23. The summed E-state index contributed by atoms with van der Waals surface area (Å²) < 4.78 is 11.4. The van der Waals surface area contributed by atoms with Gasteiger partial charge in [-0.05, 0) is 29.8 Å². The quantitative estimate of drug-likeness (QED) is 0.364. The molecule has 0 saturated heterocycles. The molecular weight excluding hydrogens is 450 g/mol. The number of amides is 1. The third kappa shape index (κ3) is 3.66. The van der Waals surface area contributed by atoms with Crippen LogP contribution < -0.4 is 9.47 Å². The zero-order valence-electron chi connectivity index (χ0n) is 18.1. The zero-order valence-corrected chi connectivity index (χ0v) is 18.9. The van der Waals surface area contributed by atoms with Crippen molar-refractivity contribution in [3.8, 4) is 11.5 Å². The summed E-state index contributed by atoms with van der Waals surface area (Å²) in [4.78, 5) is 18.1. The van der Waals surface area contributed by atoms with Crippen molar-refractivity contribution in [3.05, 3.63) is 101 Å². The van der Waals surface area contributed by atoms with E-state index in [9.17, 15) is 4.79 Å². The average Bonchev–Trinajstić information content (AvgIpc) is 3.33. The van der Waals surface area contributed by atoms with Crippen LogP contribution in [0.5, 0.6) is 11.5 Å². The number of carbonyl (C=O) groups excluding carboxylic acids is 1. The number of aromatic nitrogens is 1. The Morgan fingerprint density at radius 1 is 0.912 bits per heavy atom. The van der Waals surface area contributed by atoms with Crippen molar-refractivity contribution < 1.29 is 14.3 Å². The third-order valence-electron chi connectivity index (χ3n) is 6.06. The van der Waals surface area contributed by atoms with Crippen molar-refractivity contribution in [2.45, 2.75) is 12.5 Å². The number of hydrogen-bond donors (Lipinski definition) is 0. The van der Waals surface area contributed by atoms with Crippen LogP contribution in [0.15, 0.2) is 84.0 Å². The van der Waals surface area contributed by atoms with Crippen molar-refractivity contribution in [3.63, 3.8) is 0 Å². The fraction of sp³-hybridized carbons (Fsp3) is 0.148. The number of nitrogens with zero attached hydrogens (tertiary/aromatic N) is 3. The number of carbonyl (C=O) groups is 1. The molecule has 1 amide bonds. The molecule has 3 heterocycles. The maximum atomic E-state index is 13.5. The van der Waals surface area contributed by atoms with Crippen LogP contribution in [0.3, 0.4) is 0 Å². The molecule has 0 fully saturated rings. The first-order valence-electron chi connectivity index (χ1n) is 11.1. The summed E-state index contributed by atoms with van der Waals surface area (Å²) in [5, 5.41) is 7.49. The van der Waals surface area contributed by atoms with E-state index >= 15 is 0 Å². The van der Waals surface area contributed by atoms with E-state index in [0.29, 0.717) is 47.4 Å². The number of hydrazone groups is 1. The molecule has 4 aromatic rings. The highest BCUT2D eigenvalue weighted by molar-refractivity contribution is 6.30. The summed E-state index contributed by atoms with van der Waals surface area (Å²) >= 11 is 6.70. The Balaban J connectivity index is 1.45. The topological polar surface area (TPSA) is 64.0 Å². The highest BCUT2D eigenvalue weighted by atomic mass is 35.5. The molecule has 2 aliphatic heterocycles. The standard InChI is InChI=1S/C27H20ClN3O3/c28-26-20(13-19-14-24-25(16-21(19)29-26)34-12-11-33-24)23-15-22(17-7-3-1-4-8-17)30-31(23)27(32)18-9-5-2-6-10-18/h1-10,13-14,16,23H,11-12,15H2/t23-/m0/s1. The van der Waals surface area contributed by atoms with Gasteiger partial charge in [0.25, 0.3) is 5.91 Å². The average molecular weight is 470 g/mol. The van der Waals surface area contributed by atoms with Crippen LogP contribution in [0.4, 0.5) is 0 Å². The maximum Gasteiger partial charge on any atom is 0.274 e. The van der Waals surface area contributed by atoms with Gasteiger partial charge < -0.3 is 9.47 Å². The highest BCUT2D eigenvalue weighted by Gasteiger charge is 2.35. The van der Waals surface area contributed by atoms with E-state index in [1.54, 1.807) is 12.1 Å². The van der Waals surface area contributed by atoms with Crippen LogP contribution >= 0.6 is 11.6 Å². The van der Waals surface area contributed by atoms with Crippen LogP contribution in [-0.2, 0) is 0 Å². The summed E-state index contributed by atoms with van der Waals surface area (Å²) in [5.41, 5.74) is 3.81. The maximum absolute atomic E-state index is 13.5. The molecular formula is C27H20ClN3O3. The summed E-state index contributed by atoms with van der Waals surface area (Å²) in [6.45, 7) is 1.01. The molecule has 0 bridgehead atoms. The molecule has 0 N–H and O–H groups in total. The van der Waals surface area contributed by atoms with Crippen LogP contribution in [0.1, 0.15) is 33.9 Å². The van der Waals surface area contributed by atoms with Gasteiger partial charge in [-0.2, -0.15) is 5.10 Å². The van der Waals surface area contributed by atoms with Gasteiger partial charge in [-0.1, -0.05) is 60.1 Å². The molecule has 6 nitrogen and oxygen atoms in total. The van der Waals surface area contributed by atoms with Crippen molar-refractivity contribution in [1.29, 1.82) is 0 Å². The molecule has 0 unspecified atom stereocenters. The molecule has 3 aromatic carbocycles.